The third-order valence-electron chi connectivity index (χ3n) is 2.67. The molecule has 20 heavy (non-hydrogen) atoms. The van der Waals surface area contributed by atoms with E-state index in [1.54, 1.807) is 29.5 Å². The predicted molar refractivity (Wildman–Crippen MR) is 79.6 cm³/mol. The standard InChI is InChI=1S/C15H16N2O2S/c16-8-12-3-1-4-13(7-12)17-9-14(18)10-19-11-15-5-2-6-20-15/h1-7,14,17-18H,9-11H2. The SMILES string of the molecule is N#Cc1cccc(NCC(O)COCc2cccs2)c1. The van der Waals surface area contributed by atoms with Gasteiger partial charge in [0.25, 0.3) is 0 Å². The first kappa shape index (κ1) is 14.5. The zero-order valence-corrected chi connectivity index (χ0v) is 11.8. The van der Waals surface area contributed by atoms with Crippen molar-refractivity contribution in [3.8, 4) is 6.07 Å². The fourth-order valence-corrected chi connectivity index (χ4v) is 2.32. The van der Waals surface area contributed by atoms with Gasteiger partial charge in [-0.2, -0.15) is 5.26 Å². The molecular weight excluding hydrogens is 272 g/mol. The highest BCUT2D eigenvalue weighted by Gasteiger charge is 2.05. The van der Waals surface area contributed by atoms with E-state index >= 15 is 0 Å². The number of hydrogen-bond acceptors (Lipinski definition) is 5. The number of thiophene rings is 1. The lowest BCUT2D eigenvalue weighted by Crippen LogP contribution is -2.24. The minimum absolute atomic E-state index is 0.281. The number of anilines is 1. The monoisotopic (exact) mass is 288 g/mol. The van der Waals surface area contributed by atoms with Gasteiger partial charge in [-0.1, -0.05) is 12.1 Å². The Kier molecular flexibility index (Phi) is 5.56. The van der Waals surface area contributed by atoms with E-state index in [1.807, 2.05) is 23.6 Å². The summed E-state index contributed by atoms with van der Waals surface area (Å²) in [5.41, 5.74) is 1.42. The molecule has 1 heterocycles. The molecule has 0 saturated carbocycles. The van der Waals surface area contributed by atoms with Crippen molar-refractivity contribution in [1.82, 2.24) is 0 Å². The van der Waals surface area contributed by atoms with E-state index in [9.17, 15) is 5.11 Å². The molecule has 0 fully saturated rings. The van der Waals surface area contributed by atoms with Crippen LogP contribution in [0.3, 0.4) is 0 Å². The molecule has 2 rings (SSSR count). The van der Waals surface area contributed by atoms with Gasteiger partial charge in [-0.25, -0.2) is 0 Å². The molecule has 0 aliphatic carbocycles. The molecule has 0 aliphatic rings. The number of nitrogens with one attached hydrogen (secondary N) is 1. The van der Waals surface area contributed by atoms with Crippen LogP contribution in [0.4, 0.5) is 5.69 Å². The summed E-state index contributed by atoms with van der Waals surface area (Å²) < 4.78 is 5.44. The summed E-state index contributed by atoms with van der Waals surface area (Å²) in [6.45, 7) is 1.20. The topological polar surface area (TPSA) is 65.3 Å². The fourth-order valence-electron chi connectivity index (χ4n) is 1.68. The van der Waals surface area contributed by atoms with Crippen LogP contribution in [0.5, 0.6) is 0 Å². The van der Waals surface area contributed by atoms with E-state index < -0.39 is 6.10 Å². The van der Waals surface area contributed by atoms with E-state index in [2.05, 4.69) is 11.4 Å². The Morgan fingerprint density at radius 3 is 3.00 bits per heavy atom. The number of nitriles is 1. The number of benzene rings is 1. The Labute approximate surface area is 122 Å². The molecule has 5 heteroatoms. The number of rotatable bonds is 7. The second kappa shape index (κ2) is 7.65. The van der Waals surface area contributed by atoms with Crippen molar-refractivity contribution in [1.29, 1.82) is 5.26 Å². The first-order chi connectivity index (χ1) is 9.78. The third-order valence-corrected chi connectivity index (χ3v) is 3.52. The van der Waals surface area contributed by atoms with Crippen molar-refractivity contribution >= 4 is 17.0 Å². The normalized spacial score (nSPS) is 11.8. The van der Waals surface area contributed by atoms with Crippen molar-refractivity contribution in [2.45, 2.75) is 12.7 Å². The Hall–Kier alpha value is -1.87. The van der Waals surface area contributed by atoms with Gasteiger partial charge in [0.15, 0.2) is 0 Å². The molecule has 1 aromatic heterocycles. The number of aliphatic hydroxyl groups excluding tert-OH is 1. The maximum Gasteiger partial charge on any atom is 0.0992 e. The lowest BCUT2D eigenvalue weighted by Gasteiger charge is -2.13. The Bertz CT molecular complexity index is 564. The Balaban J connectivity index is 1.69. The van der Waals surface area contributed by atoms with Gasteiger partial charge in [-0.3, -0.25) is 0 Å². The van der Waals surface area contributed by atoms with E-state index in [0.717, 1.165) is 10.6 Å². The number of aliphatic hydroxyl groups is 1. The molecule has 2 N–H and O–H groups in total. The van der Waals surface area contributed by atoms with Gasteiger partial charge in [0.2, 0.25) is 0 Å². The summed E-state index contributed by atoms with van der Waals surface area (Å²) in [7, 11) is 0. The molecule has 1 unspecified atom stereocenters. The first-order valence-corrected chi connectivity index (χ1v) is 7.18. The van der Waals surface area contributed by atoms with Crippen LogP contribution < -0.4 is 5.32 Å². The molecule has 0 bridgehead atoms. The summed E-state index contributed by atoms with van der Waals surface area (Å²) in [5, 5.41) is 23.7. The molecule has 2 aromatic rings. The van der Waals surface area contributed by atoms with E-state index in [1.165, 1.54) is 0 Å². The molecule has 0 radical (unpaired) electrons. The fraction of sp³-hybridized carbons (Fsp3) is 0.267. The molecule has 1 aromatic carbocycles. The largest absolute Gasteiger partial charge is 0.389 e. The molecule has 1 atom stereocenters. The van der Waals surface area contributed by atoms with Crippen LogP contribution in [0.25, 0.3) is 0 Å². The zero-order valence-electron chi connectivity index (χ0n) is 11.0. The van der Waals surface area contributed by atoms with Gasteiger partial charge in [0.05, 0.1) is 31.0 Å². The quantitative estimate of drug-likeness (QED) is 0.822. The molecular formula is C15H16N2O2S. The van der Waals surface area contributed by atoms with Crippen molar-refractivity contribution < 1.29 is 9.84 Å². The highest BCUT2D eigenvalue weighted by molar-refractivity contribution is 7.09. The van der Waals surface area contributed by atoms with Crippen LogP contribution in [0.1, 0.15) is 10.4 Å². The summed E-state index contributed by atoms with van der Waals surface area (Å²) in [6, 6.07) is 13.2. The van der Waals surface area contributed by atoms with Crippen LogP contribution in [-0.2, 0) is 11.3 Å². The minimum Gasteiger partial charge on any atom is -0.389 e. The van der Waals surface area contributed by atoms with Gasteiger partial charge < -0.3 is 15.2 Å². The number of hydrogen-bond donors (Lipinski definition) is 2. The maximum absolute atomic E-state index is 9.82. The second-order valence-electron chi connectivity index (χ2n) is 4.32. The molecule has 0 amide bonds. The van der Waals surface area contributed by atoms with Crippen molar-refractivity contribution in [2.24, 2.45) is 0 Å². The molecule has 0 spiro atoms. The van der Waals surface area contributed by atoms with Crippen LogP contribution in [-0.4, -0.2) is 24.4 Å². The summed E-state index contributed by atoms with van der Waals surface area (Å²) >= 11 is 1.64. The van der Waals surface area contributed by atoms with Gasteiger partial charge in [0.1, 0.15) is 0 Å². The summed E-state index contributed by atoms with van der Waals surface area (Å²) in [6.07, 6.45) is -0.583. The molecule has 4 nitrogen and oxygen atoms in total. The third kappa shape index (κ3) is 4.67. The summed E-state index contributed by atoms with van der Waals surface area (Å²) in [4.78, 5) is 1.15. The van der Waals surface area contributed by atoms with Crippen molar-refractivity contribution in [2.75, 3.05) is 18.5 Å². The lowest BCUT2D eigenvalue weighted by molar-refractivity contribution is 0.0359. The minimum atomic E-state index is -0.583. The van der Waals surface area contributed by atoms with E-state index in [-0.39, 0.29) is 6.61 Å². The summed E-state index contributed by atoms with van der Waals surface area (Å²) in [5.74, 6) is 0. The smallest absolute Gasteiger partial charge is 0.0992 e. The Morgan fingerprint density at radius 2 is 2.25 bits per heavy atom. The van der Waals surface area contributed by atoms with Gasteiger partial charge in [-0.15, -0.1) is 11.3 Å². The first-order valence-electron chi connectivity index (χ1n) is 6.30. The van der Waals surface area contributed by atoms with Gasteiger partial charge in [0, 0.05) is 17.1 Å². The van der Waals surface area contributed by atoms with Crippen LogP contribution >= 0.6 is 11.3 Å². The van der Waals surface area contributed by atoms with Crippen LogP contribution in [0.15, 0.2) is 41.8 Å². The van der Waals surface area contributed by atoms with Gasteiger partial charge >= 0.3 is 0 Å². The average molecular weight is 288 g/mol. The van der Waals surface area contributed by atoms with Crippen molar-refractivity contribution in [3.63, 3.8) is 0 Å². The average Bonchev–Trinajstić information content (AvgIpc) is 2.98. The maximum atomic E-state index is 9.82. The number of nitrogens with zero attached hydrogens (tertiary/aromatic N) is 1. The Morgan fingerprint density at radius 1 is 1.35 bits per heavy atom. The number of ether oxygens (including phenoxy) is 1. The van der Waals surface area contributed by atoms with E-state index in [0.29, 0.717) is 18.7 Å². The molecule has 0 aliphatic heterocycles. The lowest BCUT2D eigenvalue weighted by atomic mass is 10.2. The predicted octanol–water partition coefficient (Wildman–Crippen LogP) is 2.61. The van der Waals surface area contributed by atoms with Gasteiger partial charge in [-0.05, 0) is 29.6 Å². The van der Waals surface area contributed by atoms with Crippen LogP contribution in [0, 0.1) is 11.3 Å². The van der Waals surface area contributed by atoms with Crippen LogP contribution in [0.2, 0.25) is 0 Å². The molecule has 0 saturated heterocycles. The van der Waals surface area contributed by atoms with Crippen molar-refractivity contribution in [3.05, 3.63) is 52.2 Å². The second-order valence-corrected chi connectivity index (χ2v) is 5.35. The highest BCUT2D eigenvalue weighted by atomic mass is 32.1. The van der Waals surface area contributed by atoms with E-state index in [4.69, 9.17) is 10.00 Å². The zero-order chi connectivity index (χ0) is 14.2. The highest BCUT2D eigenvalue weighted by Crippen LogP contribution is 2.11. The molecule has 104 valence electrons.